The number of hydrogen-bond donors (Lipinski definition) is 1. The first-order valence-electron chi connectivity index (χ1n) is 5.88. The van der Waals surface area contributed by atoms with Crippen molar-refractivity contribution < 1.29 is 13.9 Å². The molecule has 1 heterocycles. The average Bonchev–Trinajstić information content (AvgIpc) is 2.27. The lowest BCUT2D eigenvalue weighted by Gasteiger charge is -2.19. The van der Waals surface area contributed by atoms with Crippen molar-refractivity contribution in [3.05, 3.63) is 40.8 Å². The zero-order valence-corrected chi connectivity index (χ0v) is 11.0. The van der Waals surface area contributed by atoms with Gasteiger partial charge in [0.25, 0.3) is 0 Å². The standard InChI is InChI=1S/C14H15NO4/c1-14(2,3)19-13(17)15-10-8-9-6-4-5-7-11(9)18-12(10)16/h4-8H,1-3H3,(H,15,17). The highest BCUT2D eigenvalue weighted by molar-refractivity contribution is 5.88. The minimum Gasteiger partial charge on any atom is -0.444 e. The monoisotopic (exact) mass is 261 g/mol. The van der Waals surface area contributed by atoms with Gasteiger partial charge in [0, 0.05) is 5.39 Å². The summed E-state index contributed by atoms with van der Waals surface area (Å²) in [6.07, 6.45) is -0.685. The van der Waals surface area contributed by atoms with E-state index in [4.69, 9.17) is 9.15 Å². The van der Waals surface area contributed by atoms with E-state index in [2.05, 4.69) is 5.32 Å². The summed E-state index contributed by atoms with van der Waals surface area (Å²) in [5.41, 5.74) is -0.694. The molecule has 0 bridgehead atoms. The summed E-state index contributed by atoms with van der Waals surface area (Å²) < 4.78 is 10.2. The van der Waals surface area contributed by atoms with Gasteiger partial charge in [-0.25, -0.2) is 9.59 Å². The van der Waals surface area contributed by atoms with E-state index in [9.17, 15) is 9.59 Å². The molecule has 1 aromatic heterocycles. The number of nitrogens with one attached hydrogen (secondary N) is 1. The van der Waals surface area contributed by atoms with Crippen molar-refractivity contribution in [2.24, 2.45) is 0 Å². The van der Waals surface area contributed by atoms with Crippen LogP contribution in [0.5, 0.6) is 0 Å². The Morgan fingerprint density at radius 3 is 2.63 bits per heavy atom. The number of benzene rings is 1. The molecule has 0 aliphatic rings. The Balaban J connectivity index is 2.28. The molecule has 0 atom stereocenters. The normalized spacial score (nSPS) is 11.3. The van der Waals surface area contributed by atoms with Gasteiger partial charge in [-0.3, -0.25) is 5.32 Å². The van der Waals surface area contributed by atoms with Crippen LogP contribution >= 0.6 is 0 Å². The predicted octanol–water partition coefficient (Wildman–Crippen LogP) is 3.14. The molecule has 1 amide bonds. The molecule has 0 saturated heterocycles. The Hall–Kier alpha value is -2.30. The van der Waals surface area contributed by atoms with Crippen LogP contribution in [-0.2, 0) is 4.74 Å². The van der Waals surface area contributed by atoms with E-state index in [1.165, 1.54) is 0 Å². The Bertz CT molecular complexity index is 667. The summed E-state index contributed by atoms with van der Waals surface area (Å²) in [7, 11) is 0. The molecule has 0 fully saturated rings. The third-order valence-electron chi connectivity index (χ3n) is 2.28. The maximum Gasteiger partial charge on any atom is 0.412 e. The van der Waals surface area contributed by atoms with E-state index in [1.54, 1.807) is 45.0 Å². The lowest BCUT2D eigenvalue weighted by atomic mass is 10.2. The number of carbonyl (C=O) groups is 1. The summed E-state index contributed by atoms with van der Waals surface area (Å²) in [5, 5.41) is 3.12. The molecular formula is C14H15NO4. The van der Waals surface area contributed by atoms with Gasteiger partial charge in [-0.2, -0.15) is 0 Å². The van der Waals surface area contributed by atoms with Crippen molar-refractivity contribution in [3.8, 4) is 0 Å². The Kier molecular flexibility index (Phi) is 3.29. The van der Waals surface area contributed by atoms with Crippen LogP contribution in [0.1, 0.15) is 20.8 Å². The second-order valence-corrected chi connectivity index (χ2v) is 5.11. The van der Waals surface area contributed by atoms with Crippen LogP contribution in [0.3, 0.4) is 0 Å². The maximum atomic E-state index is 11.7. The second-order valence-electron chi connectivity index (χ2n) is 5.11. The third-order valence-corrected chi connectivity index (χ3v) is 2.28. The largest absolute Gasteiger partial charge is 0.444 e. The molecule has 2 aromatic rings. The molecule has 0 aliphatic heterocycles. The number of rotatable bonds is 1. The van der Waals surface area contributed by atoms with E-state index in [0.717, 1.165) is 5.39 Å². The minimum absolute atomic E-state index is 0.0629. The highest BCUT2D eigenvalue weighted by Crippen LogP contribution is 2.16. The van der Waals surface area contributed by atoms with Gasteiger partial charge in [0.1, 0.15) is 16.9 Å². The number of carbonyl (C=O) groups excluding carboxylic acids is 1. The Morgan fingerprint density at radius 2 is 1.95 bits per heavy atom. The summed E-state index contributed by atoms with van der Waals surface area (Å²) in [4.78, 5) is 23.3. The molecule has 0 saturated carbocycles. The number of para-hydroxylation sites is 1. The Labute approximate surface area is 110 Å². The molecule has 19 heavy (non-hydrogen) atoms. The van der Waals surface area contributed by atoms with Gasteiger partial charge in [-0.1, -0.05) is 18.2 Å². The van der Waals surface area contributed by atoms with Crippen molar-refractivity contribution in [2.45, 2.75) is 26.4 Å². The quantitative estimate of drug-likeness (QED) is 0.801. The fourth-order valence-corrected chi connectivity index (χ4v) is 1.56. The highest BCUT2D eigenvalue weighted by atomic mass is 16.6. The Morgan fingerprint density at radius 1 is 1.26 bits per heavy atom. The molecule has 100 valence electrons. The first-order chi connectivity index (χ1) is 8.85. The first kappa shape index (κ1) is 13.1. The number of hydrogen-bond acceptors (Lipinski definition) is 4. The number of anilines is 1. The van der Waals surface area contributed by atoms with Gasteiger partial charge in [0.15, 0.2) is 0 Å². The van der Waals surface area contributed by atoms with E-state index >= 15 is 0 Å². The van der Waals surface area contributed by atoms with Crippen molar-refractivity contribution in [3.63, 3.8) is 0 Å². The van der Waals surface area contributed by atoms with Gasteiger partial charge >= 0.3 is 11.7 Å². The summed E-state index contributed by atoms with van der Waals surface area (Å²) in [5.74, 6) is 0. The average molecular weight is 261 g/mol. The van der Waals surface area contributed by atoms with Crippen LogP contribution in [0.15, 0.2) is 39.5 Å². The molecule has 0 unspecified atom stereocenters. The van der Waals surface area contributed by atoms with Gasteiger partial charge in [-0.05, 0) is 32.9 Å². The molecule has 5 heteroatoms. The third kappa shape index (κ3) is 3.34. The molecule has 2 rings (SSSR count). The minimum atomic E-state index is -0.685. The molecule has 0 aliphatic carbocycles. The van der Waals surface area contributed by atoms with Crippen LogP contribution in [0.2, 0.25) is 0 Å². The molecule has 0 spiro atoms. The van der Waals surface area contributed by atoms with Crippen LogP contribution in [0.4, 0.5) is 10.5 Å². The first-order valence-corrected chi connectivity index (χ1v) is 5.88. The number of ether oxygens (including phenoxy) is 1. The zero-order chi connectivity index (χ0) is 14.0. The molecular weight excluding hydrogens is 246 g/mol. The van der Waals surface area contributed by atoms with Gasteiger partial charge in [0.05, 0.1) is 0 Å². The van der Waals surface area contributed by atoms with Crippen LogP contribution in [0.25, 0.3) is 11.0 Å². The lowest BCUT2D eigenvalue weighted by Crippen LogP contribution is -2.28. The highest BCUT2D eigenvalue weighted by Gasteiger charge is 2.17. The zero-order valence-electron chi connectivity index (χ0n) is 11.0. The molecule has 1 N–H and O–H groups in total. The topological polar surface area (TPSA) is 68.5 Å². The molecule has 5 nitrogen and oxygen atoms in total. The second kappa shape index (κ2) is 4.76. The van der Waals surface area contributed by atoms with E-state index in [-0.39, 0.29) is 5.69 Å². The summed E-state index contributed by atoms with van der Waals surface area (Å²) in [6, 6.07) is 8.63. The smallest absolute Gasteiger partial charge is 0.412 e. The van der Waals surface area contributed by atoms with E-state index in [0.29, 0.717) is 5.58 Å². The van der Waals surface area contributed by atoms with Crippen LogP contribution in [-0.4, -0.2) is 11.7 Å². The fraction of sp³-hybridized carbons (Fsp3) is 0.286. The van der Waals surface area contributed by atoms with Crippen molar-refractivity contribution >= 4 is 22.7 Å². The van der Waals surface area contributed by atoms with E-state index < -0.39 is 17.3 Å². The van der Waals surface area contributed by atoms with Gasteiger partial charge in [0.2, 0.25) is 0 Å². The van der Waals surface area contributed by atoms with Crippen molar-refractivity contribution in [2.75, 3.05) is 5.32 Å². The molecule has 1 aromatic carbocycles. The van der Waals surface area contributed by atoms with Crippen molar-refractivity contribution in [1.29, 1.82) is 0 Å². The fourth-order valence-electron chi connectivity index (χ4n) is 1.56. The van der Waals surface area contributed by atoms with Crippen LogP contribution in [0, 0.1) is 0 Å². The lowest BCUT2D eigenvalue weighted by molar-refractivity contribution is 0.0635. The van der Waals surface area contributed by atoms with Gasteiger partial charge in [-0.15, -0.1) is 0 Å². The van der Waals surface area contributed by atoms with E-state index in [1.807, 2.05) is 6.07 Å². The number of amides is 1. The summed E-state index contributed by atoms with van der Waals surface area (Å²) in [6.45, 7) is 5.24. The SMILES string of the molecule is CC(C)(C)OC(=O)Nc1cc2ccccc2oc1=O. The maximum absolute atomic E-state index is 11.7. The van der Waals surface area contributed by atoms with Crippen molar-refractivity contribution in [1.82, 2.24) is 0 Å². The van der Waals surface area contributed by atoms with Gasteiger partial charge < -0.3 is 9.15 Å². The predicted molar refractivity (Wildman–Crippen MR) is 72.3 cm³/mol. The van der Waals surface area contributed by atoms with Crippen LogP contribution < -0.4 is 10.9 Å². The number of fused-ring (bicyclic) bond motifs is 1. The summed E-state index contributed by atoms with van der Waals surface area (Å²) >= 11 is 0. The molecule has 0 radical (unpaired) electrons.